The van der Waals surface area contributed by atoms with Crippen molar-refractivity contribution < 1.29 is 14.3 Å². The molecule has 4 heteroatoms. The van der Waals surface area contributed by atoms with E-state index in [2.05, 4.69) is 12.2 Å². The molecule has 1 aromatic carbocycles. The van der Waals surface area contributed by atoms with Gasteiger partial charge in [0, 0.05) is 6.61 Å². The largest absolute Gasteiger partial charge is 0.478 e. The molecule has 1 N–H and O–H groups in total. The summed E-state index contributed by atoms with van der Waals surface area (Å²) in [5.41, 5.74) is 0.335. The highest BCUT2D eigenvalue weighted by molar-refractivity contribution is 5.85. The van der Waals surface area contributed by atoms with Crippen LogP contribution in [0.2, 0.25) is 0 Å². The zero-order valence-corrected chi connectivity index (χ0v) is 14.0. The van der Waals surface area contributed by atoms with Gasteiger partial charge in [-0.25, -0.2) is 0 Å². The monoisotopic (exact) mass is 305 g/mol. The number of nitrogens with one attached hydrogen (secondary N) is 1. The second-order valence-electron chi connectivity index (χ2n) is 6.42. The molecule has 1 aliphatic rings. The number of amides is 1. The highest BCUT2D eigenvalue weighted by Crippen LogP contribution is 2.21. The van der Waals surface area contributed by atoms with E-state index in [4.69, 9.17) is 9.47 Å². The molecule has 4 nitrogen and oxygen atoms in total. The lowest BCUT2D eigenvalue weighted by molar-refractivity contribution is -0.135. The number of carbonyl (C=O) groups excluding carboxylic acids is 1. The Kier molecular flexibility index (Phi) is 5.46. The molecule has 0 saturated carbocycles. The summed E-state index contributed by atoms with van der Waals surface area (Å²) in [7, 11) is 0. The van der Waals surface area contributed by atoms with Gasteiger partial charge in [0.25, 0.3) is 5.91 Å². The van der Waals surface area contributed by atoms with Gasteiger partial charge in [0.05, 0.1) is 12.1 Å². The Labute approximate surface area is 133 Å². The first-order chi connectivity index (χ1) is 10.4. The number of carbonyl (C=O) groups is 1. The topological polar surface area (TPSA) is 47.6 Å². The molecule has 0 aliphatic carbocycles. The predicted octanol–water partition coefficient (Wildman–Crippen LogP) is 3.09. The van der Waals surface area contributed by atoms with Gasteiger partial charge in [-0.3, -0.25) is 4.79 Å². The van der Waals surface area contributed by atoms with Crippen molar-refractivity contribution in [2.75, 3.05) is 6.61 Å². The summed E-state index contributed by atoms with van der Waals surface area (Å²) in [5, 5.41) is 3.02. The lowest BCUT2D eigenvalue weighted by atomic mass is 10.1. The van der Waals surface area contributed by atoms with Crippen molar-refractivity contribution in [3.05, 3.63) is 29.8 Å². The summed E-state index contributed by atoms with van der Waals surface area (Å²) >= 11 is 0. The predicted molar refractivity (Wildman–Crippen MR) is 87.1 cm³/mol. The molecule has 22 heavy (non-hydrogen) atoms. The Morgan fingerprint density at radius 1 is 1.41 bits per heavy atom. The number of benzene rings is 1. The second kappa shape index (κ2) is 7.14. The van der Waals surface area contributed by atoms with E-state index in [0.717, 1.165) is 25.9 Å². The summed E-state index contributed by atoms with van der Waals surface area (Å²) in [5.74, 6) is 0.595. The third-order valence-electron chi connectivity index (χ3n) is 4.13. The molecule has 1 aromatic rings. The van der Waals surface area contributed by atoms with Crippen LogP contribution in [0.5, 0.6) is 5.75 Å². The van der Waals surface area contributed by atoms with E-state index < -0.39 is 5.60 Å². The van der Waals surface area contributed by atoms with Gasteiger partial charge in [-0.2, -0.15) is 0 Å². The minimum Gasteiger partial charge on any atom is -0.478 e. The van der Waals surface area contributed by atoms with Crippen LogP contribution in [-0.4, -0.2) is 30.3 Å². The van der Waals surface area contributed by atoms with Crippen molar-refractivity contribution in [2.45, 2.75) is 64.7 Å². The molecule has 1 fully saturated rings. The van der Waals surface area contributed by atoms with Crippen LogP contribution in [0.25, 0.3) is 0 Å². The van der Waals surface area contributed by atoms with Crippen LogP contribution in [0, 0.1) is 0 Å². The summed E-state index contributed by atoms with van der Waals surface area (Å²) in [6.07, 6.45) is 3.17. The molecule has 1 heterocycles. The lowest BCUT2D eigenvalue weighted by Gasteiger charge is -2.29. The Hall–Kier alpha value is -1.55. The molecular formula is C18H27NO3. The van der Waals surface area contributed by atoms with Crippen LogP contribution in [0.4, 0.5) is 0 Å². The van der Waals surface area contributed by atoms with Gasteiger partial charge in [-0.1, -0.05) is 19.1 Å². The average molecular weight is 305 g/mol. The maximum Gasteiger partial charge on any atom is 0.263 e. The summed E-state index contributed by atoms with van der Waals surface area (Å²) < 4.78 is 11.5. The van der Waals surface area contributed by atoms with E-state index in [1.54, 1.807) is 13.8 Å². The fraction of sp³-hybridized carbons (Fsp3) is 0.611. The van der Waals surface area contributed by atoms with Crippen molar-refractivity contribution in [2.24, 2.45) is 0 Å². The van der Waals surface area contributed by atoms with Gasteiger partial charge in [0.15, 0.2) is 5.60 Å². The normalized spacial score (nSPS) is 19.7. The molecular weight excluding hydrogens is 278 g/mol. The second-order valence-corrected chi connectivity index (χ2v) is 6.42. The molecule has 2 atom stereocenters. The Bertz CT molecular complexity index is 490. The third kappa shape index (κ3) is 4.23. The highest BCUT2D eigenvalue weighted by Gasteiger charge is 2.33. The molecule has 0 spiro atoms. The molecule has 0 bridgehead atoms. The molecule has 122 valence electrons. The molecule has 0 aromatic heterocycles. The van der Waals surface area contributed by atoms with Crippen LogP contribution >= 0.6 is 0 Å². The van der Waals surface area contributed by atoms with Crippen LogP contribution in [0.1, 0.15) is 46.1 Å². The van der Waals surface area contributed by atoms with Gasteiger partial charge in [-0.05, 0) is 57.7 Å². The third-order valence-corrected chi connectivity index (χ3v) is 4.13. The Morgan fingerprint density at radius 2 is 2.09 bits per heavy atom. The van der Waals surface area contributed by atoms with Gasteiger partial charge in [0.1, 0.15) is 5.75 Å². The fourth-order valence-corrected chi connectivity index (χ4v) is 2.60. The standard InChI is InChI=1S/C18H27NO3/c1-5-14-8-10-15(11-9-14)22-18(3,4)17(20)19-13(2)16-7-6-12-21-16/h8-11,13,16H,5-7,12H2,1-4H3,(H,19,20)/t13-,16-/m1/s1. The average Bonchev–Trinajstić information content (AvgIpc) is 3.02. The maximum absolute atomic E-state index is 12.5. The number of hydrogen-bond donors (Lipinski definition) is 1. The molecule has 1 saturated heterocycles. The number of rotatable bonds is 6. The molecule has 2 rings (SSSR count). The highest BCUT2D eigenvalue weighted by atomic mass is 16.5. The molecule has 1 aliphatic heterocycles. The molecule has 1 amide bonds. The van der Waals surface area contributed by atoms with Crippen LogP contribution < -0.4 is 10.1 Å². The van der Waals surface area contributed by atoms with Crippen molar-refractivity contribution in [1.29, 1.82) is 0 Å². The van der Waals surface area contributed by atoms with E-state index >= 15 is 0 Å². The van der Waals surface area contributed by atoms with E-state index in [9.17, 15) is 4.79 Å². The Morgan fingerprint density at radius 3 is 2.64 bits per heavy atom. The molecule has 0 radical (unpaired) electrons. The number of ether oxygens (including phenoxy) is 2. The van der Waals surface area contributed by atoms with Crippen molar-refractivity contribution in [3.8, 4) is 5.75 Å². The van der Waals surface area contributed by atoms with Gasteiger partial charge >= 0.3 is 0 Å². The van der Waals surface area contributed by atoms with E-state index in [1.165, 1.54) is 5.56 Å². The van der Waals surface area contributed by atoms with Gasteiger partial charge in [-0.15, -0.1) is 0 Å². The number of hydrogen-bond acceptors (Lipinski definition) is 3. The first-order valence-electron chi connectivity index (χ1n) is 8.13. The maximum atomic E-state index is 12.5. The zero-order chi connectivity index (χ0) is 16.2. The van der Waals surface area contributed by atoms with Gasteiger partial charge in [0.2, 0.25) is 0 Å². The van der Waals surface area contributed by atoms with Gasteiger partial charge < -0.3 is 14.8 Å². The SMILES string of the molecule is CCc1ccc(OC(C)(C)C(=O)N[C@H](C)[C@H]2CCCO2)cc1. The Balaban J connectivity index is 1.93. The number of aryl methyl sites for hydroxylation is 1. The first-order valence-corrected chi connectivity index (χ1v) is 8.13. The van der Waals surface area contributed by atoms with E-state index in [1.807, 2.05) is 31.2 Å². The van der Waals surface area contributed by atoms with Crippen molar-refractivity contribution >= 4 is 5.91 Å². The van der Waals surface area contributed by atoms with E-state index in [-0.39, 0.29) is 18.1 Å². The lowest BCUT2D eigenvalue weighted by Crippen LogP contribution is -2.52. The zero-order valence-electron chi connectivity index (χ0n) is 14.0. The quantitative estimate of drug-likeness (QED) is 0.878. The molecule has 0 unspecified atom stereocenters. The van der Waals surface area contributed by atoms with E-state index in [0.29, 0.717) is 5.75 Å². The summed E-state index contributed by atoms with van der Waals surface area (Å²) in [6.45, 7) is 8.46. The minimum absolute atomic E-state index is 0.000317. The minimum atomic E-state index is -0.916. The van der Waals surface area contributed by atoms with Crippen LogP contribution in [-0.2, 0) is 16.0 Å². The van der Waals surface area contributed by atoms with Crippen LogP contribution in [0.15, 0.2) is 24.3 Å². The smallest absolute Gasteiger partial charge is 0.263 e. The van der Waals surface area contributed by atoms with Crippen molar-refractivity contribution in [3.63, 3.8) is 0 Å². The summed E-state index contributed by atoms with van der Waals surface area (Å²) in [6, 6.07) is 7.88. The fourth-order valence-electron chi connectivity index (χ4n) is 2.60. The first kappa shape index (κ1) is 16.8. The summed E-state index contributed by atoms with van der Waals surface area (Å²) in [4.78, 5) is 12.5. The van der Waals surface area contributed by atoms with Crippen molar-refractivity contribution in [1.82, 2.24) is 5.32 Å². The van der Waals surface area contributed by atoms with Crippen LogP contribution in [0.3, 0.4) is 0 Å².